The van der Waals surface area contributed by atoms with Crippen LogP contribution >= 0.6 is 0 Å². The summed E-state index contributed by atoms with van der Waals surface area (Å²) in [5.41, 5.74) is 0. The molecule has 0 saturated heterocycles. The molecule has 15 heavy (non-hydrogen) atoms. The molecule has 1 fully saturated rings. The van der Waals surface area contributed by atoms with Crippen LogP contribution in [0, 0.1) is 0 Å². The lowest BCUT2D eigenvalue weighted by Gasteiger charge is -2.25. The molecule has 7 heteroatoms. The summed E-state index contributed by atoms with van der Waals surface area (Å²) >= 11 is 0. The summed E-state index contributed by atoms with van der Waals surface area (Å²) in [6.07, 6.45) is 4.55. The maximum absolute atomic E-state index is 11.4. The molecule has 1 aliphatic rings. The number of rotatable bonds is 2. The minimum atomic E-state index is -2.94. The maximum atomic E-state index is 11.4. The van der Waals surface area contributed by atoms with Gasteiger partial charge in [-0.2, -0.15) is 5.21 Å². The van der Waals surface area contributed by atoms with Gasteiger partial charge >= 0.3 is 0 Å². The monoisotopic (exact) mass is 230 g/mol. The Morgan fingerprint density at radius 2 is 2.20 bits per heavy atom. The van der Waals surface area contributed by atoms with Crippen molar-refractivity contribution in [2.45, 2.75) is 36.9 Å². The predicted octanol–water partition coefficient (Wildman–Crippen LogP) is 0.270. The van der Waals surface area contributed by atoms with E-state index >= 15 is 0 Å². The van der Waals surface area contributed by atoms with Crippen molar-refractivity contribution in [1.29, 1.82) is 0 Å². The first kappa shape index (κ1) is 10.5. The number of nitrogens with one attached hydrogen (secondary N) is 1. The Morgan fingerprint density at radius 1 is 1.40 bits per heavy atom. The van der Waals surface area contributed by atoms with Gasteiger partial charge in [-0.25, -0.2) is 8.42 Å². The largest absolute Gasteiger partial charge is 0.229 e. The zero-order valence-electron chi connectivity index (χ0n) is 8.55. The van der Waals surface area contributed by atoms with Crippen LogP contribution in [0.4, 0.5) is 0 Å². The number of aromatic nitrogens is 4. The number of hydrogen-bond donors (Lipinski definition) is 1. The standard InChI is InChI=1S/C8H14N4O2S/c1-15(13,14)7-4-2-3-6(5-7)8-9-11-12-10-8/h6-7H,2-5H2,1H3,(H,9,10,11,12). The van der Waals surface area contributed by atoms with Crippen LogP contribution in [0.5, 0.6) is 0 Å². The van der Waals surface area contributed by atoms with Gasteiger partial charge in [0.1, 0.15) is 9.84 Å². The second-order valence-corrected chi connectivity index (χ2v) is 6.41. The van der Waals surface area contributed by atoms with Gasteiger partial charge in [0.15, 0.2) is 5.82 Å². The van der Waals surface area contributed by atoms with E-state index in [1.807, 2.05) is 0 Å². The van der Waals surface area contributed by atoms with E-state index in [1.54, 1.807) is 0 Å². The van der Waals surface area contributed by atoms with Crippen molar-refractivity contribution in [1.82, 2.24) is 20.6 Å². The Labute approximate surface area is 88.4 Å². The van der Waals surface area contributed by atoms with E-state index in [4.69, 9.17) is 0 Å². The first-order chi connectivity index (χ1) is 7.07. The van der Waals surface area contributed by atoms with E-state index in [1.165, 1.54) is 6.26 Å². The fourth-order valence-corrected chi connectivity index (χ4v) is 3.29. The zero-order chi connectivity index (χ0) is 10.9. The summed E-state index contributed by atoms with van der Waals surface area (Å²) in [6.45, 7) is 0. The summed E-state index contributed by atoms with van der Waals surface area (Å²) in [5.74, 6) is 0.778. The van der Waals surface area contributed by atoms with Gasteiger partial charge in [0.05, 0.1) is 5.25 Å². The Bertz CT molecular complexity index is 414. The van der Waals surface area contributed by atoms with Gasteiger partial charge in [-0.3, -0.25) is 0 Å². The SMILES string of the molecule is CS(=O)(=O)C1CCCC(c2nn[nH]n2)C1. The van der Waals surface area contributed by atoms with E-state index in [0.717, 1.165) is 19.3 Å². The van der Waals surface area contributed by atoms with E-state index in [2.05, 4.69) is 20.6 Å². The molecular weight excluding hydrogens is 216 g/mol. The van der Waals surface area contributed by atoms with E-state index in [0.29, 0.717) is 12.2 Å². The molecular formula is C8H14N4O2S. The van der Waals surface area contributed by atoms with Gasteiger partial charge < -0.3 is 0 Å². The number of aromatic amines is 1. The lowest BCUT2D eigenvalue weighted by molar-refractivity contribution is 0.423. The molecule has 2 atom stereocenters. The van der Waals surface area contributed by atoms with Crippen LogP contribution in [0.3, 0.4) is 0 Å². The van der Waals surface area contributed by atoms with Gasteiger partial charge in [-0.05, 0) is 19.3 Å². The summed E-state index contributed by atoms with van der Waals surface area (Å²) in [5, 5.41) is 13.5. The molecule has 2 unspecified atom stereocenters. The quantitative estimate of drug-likeness (QED) is 0.787. The van der Waals surface area contributed by atoms with Gasteiger partial charge in [0.25, 0.3) is 0 Å². The average Bonchev–Trinajstić information content (AvgIpc) is 2.69. The van der Waals surface area contributed by atoms with E-state index in [-0.39, 0.29) is 11.2 Å². The fourth-order valence-electron chi connectivity index (χ4n) is 2.11. The highest BCUT2D eigenvalue weighted by molar-refractivity contribution is 7.91. The van der Waals surface area contributed by atoms with Crippen molar-refractivity contribution in [3.8, 4) is 0 Å². The fraction of sp³-hybridized carbons (Fsp3) is 0.875. The first-order valence-corrected chi connectivity index (χ1v) is 6.95. The van der Waals surface area contributed by atoms with E-state index in [9.17, 15) is 8.42 Å². The van der Waals surface area contributed by atoms with Gasteiger partial charge in [0, 0.05) is 12.2 Å². The first-order valence-electron chi connectivity index (χ1n) is 4.99. The van der Waals surface area contributed by atoms with Crippen LogP contribution in [0.25, 0.3) is 0 Å². The topological polar surface area (TPSA) is 88.6 Å². The Morgan fingerprint density at radius 3 is 2.80 bits per heavy atom. The summed E-state index contributed by atoms with van der Waals surface area (Å²) in [7, 11) is -2.94. The molecule has 2 rings (SSSR count). The lowest BCUT2D eigenvalue weighted by Crippen LogP contribution is -2.27. The molecule has 6 nitrogen and oxygen atoms in total. The number of H-pyrrole nitrogens is 1. The minimum Gasteiger partial charge on any atom is -0.229 e. The third-order valence-electron chi connectivity index (χ3n) is 2.96. The molecule has 0 aliphatic heterocycles. The molecule has 1 aliphatic carbocycles. The second kappa shape index (κ2) is 3.88. The lowest BCUT2D eigenvalue weighted by atomic mass is 9.88. The Kier molecular flexibility index (Phi) is 2.72. The molecule has 1 saturated carbocycles. The Balaban J connectivity index is 2.12. The molecule has 0 bridgehead atoms. The van der Waals surface area contributed by atoms with Crippen molar-refractivity contribution in [2.24, 2.45) is 0 Å². The van der Waals surface area contributed by atoms with Crippen LogP contribution < -0.4 is 0 Å². The molecule has 1 aromatic heterocycles. The highest BCUT2D eigenvalue weighted by Crippen LogP contribution is 2.33. The van der Waals surface area contributed by atoms with Crippen molar-refractivity contribution in [3.63, 3.8) is 0 Å². The molecule has 0 amide bonds. The maximum Gasteiger partial charge on any atom is 0.177 e. The van der Waals surface area contributed by atoms with Crippen molar-refractivity contribution in [2.75, 3.05) is 6.26 Å². The molecule has 1 heterocycles. The van der Waals surface area contributed by atoms with Crippen LogP contribution in [0.2, 0.25) is 0 Å². The second-order valence-electron chi connectivity index (χ2n) is 4.09. The minimum absolute atomic E-state index is 0.136. The normalized spacial score (nSPS) is 27.8. The van der Waals surface area contributed by atoms with Gasteiger partial charge in [0.2, 0.25) is 0 Å². The summed E-state index contributed by atoms with van der Waals surface area (Å²) in [4.78, 5) is 0. The van der Waals surface area contributed by atoms with Gasteiger partial charge in [-0.1, -0.05) is 11.6 Å². The highest BCUT2D eigenvalue weighted by Gasteiger charge is 2.31. The molecule has 0 radical (unpaired) electrons. The third kappa shape index (κ3) is 2.34. The molecule has 0 spiro atoms. The van der Waals surface area contributed by atoms with Crippen LogP contribution in [-0.2, 0) is 9.84 Å². The predicted molar refractivity (Wildman–Crippen MR) is 54.0 cm³/mol. The third-order valence-corrected chi connectivity index (χ3v) is 4.60. The zero-order valence-corrected chi connectivity index (χ0v) is 9.37. The molecule has 1 N–H and O–H groups in total. The summed E-state index contributed by atoms with van der Waals surface area (Å²) in [6, 6.07) is 0. The number of tetrazole rings is 1. The van der Waals surface area contributed by atoms with Crippen molar-refractivity contribution >= 4 is 9.84 Å². The number of nitrogens with zero attached hydrogens (tertiary/aromatic N) is 3. The Hall–Kier alpha value is -0.980. The van der Waals surface area contributed by atoms with Crippen molar-refractivity contribution < 1.29 is 8.42 Å². The smallest absolute Gasteiger partial charge is 0.177 e. The average molecular weight is 230 g/mol. The number of sulfone groups is 1. The van der Waals surface area contributed by atoms with Gasteiger partial charge in [-0.15, -0.1) is 10.2 Å². The molecule has 84 valence electrons. The molecule has 0 aromatic carbocycles. The van der Waals surface area contributed by atoms with E-state index < -0.39 is 9.84 Å². The van der Waals surface area contributed by atoms with Crippen LogP contribution in [-0.4, -0.2) is 40.5 Å². The summed E-state index contributed by atoms with van der Waals surface area (Å²) < 4.78 is 22.9. The molecule has 1 aromatic rings. The van der Waals surface area contributed by atoms with Crippen LogP contribution in [0.1, 0.15) is 37.4 Å². The van der Waals surface area contributed by atoms with Crippen LogP contribution in [0.15, 0.2) is 0 Å². The highest BCUT2D eigenvalue weighted by atomic mass is 32.2. The number of hydrogen-bond acceptors (Lipinski definition) is 5. The van der Waals surface area contributed by atoms with Crippen molar-refractivity contribution in [3.05, 3.63) is 5.82 Å².